The Balaban J connectivity index is 2.14. The summed E-state index contributed by atoms with van der Waals surface area (Å²) in [6.07, 6.45) is 5.65. The largest absolute Gasteiger partial charge is 0.313 e. The zero-order valence-electron chi connectivity index (χ0n) is 12.7. The topological polar surface area (TPSA) is 42.7 Å². The van der Waals surface area contributed by atoms with Crippen LogP contribution in [-0.4, -0.2) is 21.1 Å². The van der Waals surface area contributed by atoms with Crippen LogP contribution in [0.3, 0.4) is 0 Å². The van der Waals surface area contributed by atoms with Crippen molar-refractivity contribution in [1.29, 1.82) is 0 Å². The zero-order valence-corrected chi connectivity index (χ0v) is 12.7. The molecule has 0 bridgehead atoms. The van der Waals surface area contributed by atoms with Gasteiger partial charge in [0.05, 0.1) is 16.7 Å². The highest BCUT2D eigenvalue weighted by Crippen LogP contribution is 2.23. The molecule has 1 aromatic carbocycles. The van der Waals surface area contributed by atoms with Crippen LogP contribution < -0.4 is 5.32 Å². The number of nitrogens with one attached hydrogen (secondary N) is 1. The van der Waals surface area contributed by atoms with Crippen molar-refractivity contribution in [3.8, 4) is 5.69 Å². The lowest BCUT2D eigenvalue weighted by atomic mass is 10.1. The van der Waals surface area contributed by atoms with Crippen LogP contribution in [0.1, 0.15) is 23.6 Å². The van der Waals surface area contributed by atoms with Crippen molar-refractivity contribution in [2.24, 2.45) is 0 Å². The quantitative estimate of drug-likeness (QED) is 0.798. The van der Waals surface area contributed by atoms with Gasteiger partial charge in [-0.1, -0.05) is 6.92 Å². The molecule has 3 rings (SSSR count). The van der Waals surface area contributed by atoms with E-state index in [1.807, 2.05) is 24.8 Å². The zero-order chi connectivity index (χ0) is 14.8. The van der Waals surface area contributed by atoms with E-state index in [0.29, 0.717) is 0 Å². The average molecular weight is 280 g/mol. The first-order chi connectivity index (χ1) is 10.2. The minimum Gasteiger partial charge on any atom is -0.313 e. The summed E-state index contributed by atoms with van der Waals surface area (Å²) in [7, 11) is 0. The Morgan fingerprint density at radius 2 is 2.00 bits per heavy atom. The third-order valence-electron chi connectivity index (χ3n) is 3.87. The van der Waals surface area contributed by atoms with Gasteiger partial charge in [-0.2, -0.15) is 0 Å². The van der Waals surface area contributed by atoms with Gasteiger partial charge in [-0.3, -0.25) is 9.55 Å². The van der Waals surface area contributed by atoms with Crippen LogP contribution in [0, 0.1) is 13.8 Å². The van der Waals surface area contributed by atoms with Gasteiger partial charge in [0.2, 0.25) is 0 Å². The number of rotatable bonds is 4. The average Bonchev–Trinajstić information content (AvgIpc) is 2.88. The smallest absolute Gasteiger partial charge is 0.100 e. The second-order valence-corrected chi connectivity index (χ2v) is 5.32. The van der Waals surface area contributed by atoms with Gasteiger partial charge < -0.3 is 5.32 Å². The van der Waals surface area contributed by atoms with Crippen LogP contribution in [0.25, 0.3) is 16.7 Å². The van der Waals surface area contributed by atoms with Gasteiger partial charge in [-0.05, 0) is 49.7 Å². The Morgan fingerprint density at radius 3 is 2.81 bits per heavy atom. The van der Waals surface area contributed by atoms with Crippen molar-refractivity contribution in [2.75, 3.05) is 6.54 Å². The highest BCUT2D eigenvalue weighted by molar-refractivity contribution is 5.79. The number of hydrogen-bond acceptors (Lipinski definition) is 3. The maximum atomic E-state index is 4.54. The Morgan fingerprint density at radius 1 is 1.19 bits per heavy atom. The minimum absolute atomic E-state index is 0.810. The molecule has 0 aliphatic carbocycles. The van der Waals surface area contributed by atoms with Gasteiger partial charge in [0.15, 0.2) is 0 Å². The maximum Gasteiger partial charge on any atom is 0.100 e. The molecule has 2 aromatic heterocycles. The van der Waals surface area contributed by atoms with Crippen molar-refractivity contribution in [1.82, 2.24) is 19.9 Å². The number of aryl methyl sites for hydroxylation is 2. The Hall–Kier alpha value is -2.20. The van der Waals surface area contributed by atoms with Crippen molar-refractivity contribution < 1.29 is 0 Å². The molecule has 0 amide bonds. The van der Waals surface area contributed by atoms with Crippen molar-refractivity contribution in [2.45, 2.75) is 27.3 Å². The molecule has 4 nitrogen and oxygen atoms in total. The first kappa shape index (κ1) is 13.8. The van der Waals surface area contributed by atoms with E-state index >= 15 is 0 Å². The molecule has 0 fully saturated rings. The van der Waals surface area contributed by atoms with E-state index < -0.39 is 0 Å². The van der Waals surface area contributed by atoms with E-state index in [2.05, 4.69) is 52.8 Å². The third-order valence-corrected chi connectivity index (χ3v) is 3.87. The van der Waals surface area contributed by atoms with Crippen LogP contribution in [0.4, 0.5) is 0 Å². The monoisotopic (exact) mass is 280 g/mol. The summed E-state index contributed by atoms with van der Waals surface area (Å²) in [5, 5.41) is 3.36. The molecule has 0 atom stereocenters. The second kappa shape index (κ2) is 5.66. The van der Waals surface area contributed by atoms with Crippen LogP contribution in [-0.2, 0) is 6.54 Å². The van der Waals surface area contributed by atoms with Gasteiger partial charge >= 0.3 is 0 Å². The summed E-state index contributed by atoms with van der Waals surface area (Å²) in [5.74, 6) is 0. The Bertz CT molecular complexity index is 774. The fourth-order valence-electron chi connectivity index (χ4n) is 2.51. The number of nitrogens with zero attached hydrogens (tertiary/aromatic N) is 3. The molecular weight excluding hydrogens is 260 g/mol. The lowest BCUT2D eigenvalue weighted by molar-refractivity contribution is 0.720. The van der Waals surface area contributed by atoms with E-state index in [0.717, 1.165) is 29.8 Å². The van der Waals surface area contributed by atoms with Crippen LogP contribution in [0.2, 0.25) is 0 Å². The molecule has 1 N–H and O–H groups in total. The molecule has 4 heteroatoms. The predicted molar refractivity (Wildman–Crippen MR) is 85.7 cm³/mol. The van der Waals surface area contributed by atoms with Gasteiger partial charge in [0, 0.05) is 24.5 Å². The van der Waals surface area contributed by atoms with E-state index in [4.69, 9.17) is 0 Å². The molecule has 21 heavy (non-hydrogen) atoms. The Labute approximate surface area is 124 Å². The van der Waals surface area contributed by atoms with Gasteiger partial charge in [0.1, 0.15) is 6.33 Å². The number of benzene rings is 1. The molecule has 0 aliphatic heterocycles. The van der Waals surface area contributed by atoms with E-state index in [-0.39, 0.29) is 0 Å². The number of imidazole rings is 1. The van der Waals surface area contributed by atoms with Crippen molar-refractivity contribution in [3.63, 3.8) is 0 Å². The van der Waals surface area contributed by atoms with Gasteiger partial charge in [-0.15, -0.1) is 0 Å². The predicted octanol–water partition coefficient (Wildman–Crippen LogP) is 3.15. The van der Waals surface area contributed by atoms with E-state index in [9.17, 15) is 0 Å². The molecule has 0 unspecified atom stereocenters. The summed E-state index contributed by atoms with van der Waals surface area (Å²) in [4.78, 5) is 8.79. The summed E-state index contributed by atoms with van der Waals surface area (Å²) >= 11 is 0. The number of aromatic nitrogens is 3. The normalized spacial score (nSPS) is 11.2. The lowest BCUT2D eigenvalue weighted by Crippen LogP contribution is -2.14. The summed E-state index contributed by atoms with van der Waals surface area (Å²) in [5.41, 5.74) is 7.04. The fraction of sp³-hybridized carbons (Fsp3) is 0.294. The molecule has 0 radical (unpaired) electrons. The van der Waals surface area contributed by atoms with Crippen molar-refractivity contribution >= 4 is 11.0 Å². The van der Waals surface area contributed by atoms with Gasteiger partial charge in [0.25, 0.3) is 0 Å². The second-order valence-electron chi connectivity index (χ2n) is 5.32. The molecule has 0 saturated heterocycles. The standard InChI is InChI=1S/C17H20N4/c1-4-18-9-14-10-19-6-5-16(14)21-11-20-15-7-12(2)13(3)8-17(15)21/h5-8,10-11,18H,4,9H2,1-3H3. The van der Waals surface area contributed by atoms with Crippen LogP contribution in [0.5, 0.6) is 0 Å². The molecule has 0 aliphatic rings. The third kappa shape index (κ3) is 2.54. The number of pyridine rings is 1. The van der Waals surface area contributed by atoms with Crippen molar-refractivity contribution in [3.05, 3.63) is 53.6 Å². The summed E-state index contributed by atoms with van der Waals surface area (Å²) < 4.78 is 2.15. The first-order valence-electron chi connectivity index (χ1n) is 7.29. The SMILES string of the molecule is CCNCc1cnccc1-n1cnc2cc(C)c(C)cc21. The minimum atomic E-state index is 0.810. The summed E-state index contributed by atoms with van der Waals surface area (Å²) in [6.45, 7) is 8.12. The Kier molecular flexibility index (Phi) is 3.71. The number of fused-ring (bicyclic) bond motifs is 1. The fourth-order valence-corrected chi connectivity index (χ4v) is 2.51. The molecular formula is C17H20N4. The van der Waals surface area contributed by atoms with E-state index in [1.165, 1.54) is 16.7 Å². The van der Waals surface area contributed by atoms with Crippen LogP contribution in [0.15, 0.2) is 36.9 Å². The van der Waals surface area contributed by atoms with Crippen LogP contribution >= 0.6 is 0 Å². The van der Waals surface area contributed by atoms with Gasteiger partial charge in [-0.25, -0.2) is 4.98 Å². The molecule has 2 heterocycles. The molecule has 108 valence electrons. The highest BCUT2D eigenvalue weighted by Gasteiger charge is 2.10. The highest BCUT2D eigenvalue weighted by atomic mass is 15.1. The first-order valence-corrected chi connectivity index (χ1v) is 7.29. The maximum absolute atomic E-state index is 4.54. The van der Waals surface area contributed by atoms with E-state index in [1.54, 1.807) is 0 Å². The molecule has 3 aromatic rings. The molecule has 0 spiro atoms. The molecule has 0 saturated carbocycles. The lowest BCUT2D eigenvalue weighted by Gasteiger charge is -2.11. The summed E-state index contributed by atoms with van der Waals surface area (Å²) in [6, 6.07) is 6.39. The number of hydrogen-bond donors (Lipinski definition) is 1.